The highest BCUT2D eigenvalue weighted by molar-refractivity contribution is 7.18. The molecule has 2 N–H and O–H groups in total. The first-order valence-corrected chi connectivity index (χ1v) is 13.8. The number of anilines is 2. The number of halogens is 2. The van der Waals surface area contributed by atoms with Crippen LogP contribution in [0.5, 0.6) is 0 Å². The Morgan fingerprint density at radius 3 is 2.49 bits per heavy atom. The summed E-state index contributed by atoms with van der Waals surface area (Å²) in [4.78, 5) is 65.6. The lowest BCUT2D eigenvalue weighted by atomic mass is 10.1. The fraction of sp³-hybridized carbons (Fsp3) is 0.423. The van der Waals surface area contributed by atoms with Gasteiger partial charge in [-0.1, -0.05) is 11.6 Å². The van der Waals surface area contributed by atoms with Crippen LogP contribution in [-0.4, -0.2) is 98.3 Å². The molecule has 4 rings (SSSR count). The van der Waals surface area contributed by atoms with Gasteiger partial charge in [-0.3, -0.25) is 19.3 Å². The number of ether oxygens (including phenoxy) is 2. The van der Waals surface area contributed by atoms with E-state index in [1.807, 2.05) is 0 Å². The van der Waals surface area contributed by atoms with Crippen molar-refractivity contribution in [2.45, 2.75) is 25.0 Å². The summed E-state index contributed by atoms with van der Waals surface area (Å²) in [5, 5.41) is 11.8. The number of carbonyl (C=O) groups excluding carboxylic acids is 4. The molecule has 2 aliphatic rings. The number of hydrogen-bond donors (Lipinski definition) is 2. The first-order valence-electron chi connectivity index (χ1n) is 12.7. The quantitative estimate of drug-likeness (QED) is 0.320. The van der Waals surface area contributed by atoms with Crippen molar-refractivity contribution in [3.05, 3.63) is 45.6 Å². The van der Waals surface area contributed by atoms with Crippen LogP contribution in [0.4, 0.5) is 16.2 Å². The molecule has 0 saturated carbocycles. The highest BCUT2D eigenvalue weighted by Crippen LogP contribution is 2.28. The van der Waals surface area contributed by atoms with Crippen molar-refractivity contribution in [2.24, 2.45) is 0 Å². The molecule has 0 aliphatic carbocycles. The minimum Gasteiger partial charge on any atom is -0.480 e. The smallest absolute Gasteiger partial charge is 0.414 e. The van der Waals surface area contributed by atoms with Crippen LogP contribution in [0, 0.1) is 0 Å². The lowest BCUT2D eigenvalue weighted by Gasteiger charge is -2.33. The first kappa shape index (κ1) is 32.3. The number of aliphatic carboxylic acids is 1. The highest BCUT2D eigenvalue weighted by Gasteiger charge is 2.37. The Morgan fingerprint density at radius 2 is 1.88 bits per heavy atom. The van der Waals surface area contributed by atoms with E-state index in [0.717, 1.165) is 17.6 Å². The molecule has 1 aromatic carbocycles. The number of carbonyl (C=O) groups is 5. The monoisotopic (exact) mass is 628 g/mol. The van der Waals surface area contributed by atoms with Gasteiger partial charge in [0.05, 0.1) is 35.5 Å². The summed E-state index contributed by atoms with van der Waals surface area (Å²) < 4.78 is 11.2. The van der Waals surface area contributed by atoms with E-state index in [1.165, 1.54) is 9.80 Å². The van der Waals surface area contributed by atoms with Crippen molar-refractivity contribution in [3.63, 3.8) is 0 Å². The van der Waals surface area contributed by atoms with Crippen molar-refractivity contribution in [1.29, 1.82) is 0 Å². The second-order valence-corrected chi connectivity index (χ2v) is 10.9. The van der Waals surface area contributed by atoms with E-state index in [2.05, 4.69) is 5.32 Å². The number of carboxylic acids is 1. The topological polar surface area (TPSA) is 146 Å². The average Bonchev–Trinajstić information content (AvgIpc) is 3.54. The predicted octanol–water partition coefficient (Wildman–Crippen LogP) is 2.68. The van der Waals surface area contributed by atoms with E-state index in [0.29, 0.717) is 33.7 Å². The maximum Gasteiger partial charge on any atom is 0.414 e. The lowest BCUT2D eigenvalue weighted by molar-refractivity contribution is -0.136. The van der Waals surface area contributed by atoms with Crippen LogP contribution in [0.15, 0.2) is 36.4 Å². The molecule has 2 atom stereocenters. The summed E-state index contributed by atoms with van der Waals surface area (Å²) in [6, 6.07) is 9.60. The normalized spacial score (nSPS) is 17.5. The second-order valence-electron chi connectivity index (χ2n) is 9.21. The lowest BCUT2D eigenvalue weighted by Crippen LogP contribution is -2.50. The molecule has 0 spiro atoms. The van der Waals surface area contributed by atoms with Gasteiger partial charge in [0.15, 0.2) is 0 Å². The number of carboxylic acid groups (broad SMARTS) is 1. The third-order valence-electron chi connectivity index (χ3n) is 6.49. The molecule has 3 heterocycles. The molecule has 15 heteroatoms. The Bertz CT molecular complexity index is 1240. The van der Waals surface area contributed by atoms with E-state index in [1.54, 1.807) is 41.3 Å². The Balaban J connectivity index is 0.00000462. The van der Waals surface area contributed by atoms with Gasteiger partial charge < -0.3 is 34.5 Å². The van der Waals surface area contributed by atoms with Gasteiger partial charge in [0, 0.05) is 36.9 Å². The number of benzene rings is 1. The number of thiophene rings is 1. The van der Waals surface area contributed by atoms with Gasteiger partial charge in [-0.05, 0) is 42.8 Å². The molecular weight excluding hydrogens is 599 g/mol. The largest absolute Gasteiger partial charge is 0.480 e. The van der Waals surface area contributed by atoms with Crippen molar-refractivity contribution in [2.75, 3.05) is 55.7 Å². The molecular formula is C26H30Cl2N4O8S. The van der Waals surface area contributed by atoms with Gasteiger partial charge in [0.2, 0.25) is 0 Å². The standard InChI is InChI=1S/C26H29ClN4O8S.ClH/c27-22-8-7-21(40-22)25(36)30(19(2-1-10-32)12-28-13-24(34)35)14-20-15-31(26(37)39-20)18-5-3-17(4-6-18)29-9-11-38-16-23(29)33;/h3-8,10,19-20,28H,1-2,9,11-16H2,(H,34,35);1H/t19?,20-;/m0./s1. The molecule has 41 heavy (non-hydrogen) atoms. The summed E-state index contributed by atoms with van der Waals surface area (Å²) in [6.07, 6.45) is -0.0955. The molecule has 0 radical (unpaired) electrons. The SMILES string of the molecule is Cl.O=CCCC(CNCC(=O)O)N(C[C@H]1CN(c2ccc(N3CCOCC3=O)cc2)C(=O)O1)C(=O)c1ccc(Cl)s1. The van der Waals surface area contributed by atoms with Crippen LogP contribution in [-0.2, 0) is 23.9 Å². The third-order valence-corrected chi connectivity index (χ3v) is 7.71. The number of nitrogens with zero attached hydrogens (tertiary/aromatic N) is 3. The van der Waals surface area contributed by atoms with E-state index < -0.39 is 24.2 Å². The molecule has 2 aromatic rings. The molecule has 3 amide bonds. The minimum absolute atomic E-state index is 0. The Labute approximate surface area is 251 Å². The van der Waals surface area contributed by atoms with Crippen molar-refractivity contribution in [3.8, 4) is 0 Å². The summed E-state index contributed by atoms with van der Waals surface area (Å²) in [5.74, 6) is -1.56. The number of cyclic esters (lactones) is 1. The van der Waals surface area contributed by atoms with E-state index in [4.69, 9.17) is 26.2 Å². The summed E-state index contributed by atoms with van der Waals surface area (Å²) in [6.45, 7) is 0.897. The van der Waals surface area contributed by atoms with Crippen LogP contribution in [0.3, 0.4) is 0 Å². The third kappa shape index (κ3) is 8.39. The van der Waals surface area contributed by atoms with Crippen molar-refractivity contribution in [1.82, 2.24) is 10.2 Å². The zero-order valence-corrected chi connectivity index (χ0v) is 24.3. The summed E-state index contributed by atoms with van der Waals surface area (Å²) >= 11 is 7.16. The molecule has 2 aliphatic heterocycles. The van der Waals surface area contributed by atoms with Crippen molar-refractivity contribution >= 4 is 76.9 Å². The number of hydrogen-bond acceptors (Lipinski definition) is 9. The van der Waals surface area contributed by atoms with Gasteiger partial charge in [-0.25, -0.2) is 4.79 Å². The Hall–Kier alpha value is -3.23. The molecule has 1 aromatic heterocycles. The molecule has 1 unspecified atom stereocenters. The maximum absolute atomic E-state index is 13.5. The van der Waals surface area contributed by atoms with Crippen molar-refractivity contribution < 1.29 is 38.6 Å². The van der Waals surface area contributed by atoms with Gasteiger partial charge in [-0.2, -0.15) is 0 Å². The fourth-order valence-electron chi connectivity index (χ4n) is 4.59. The molecule has 12 nitrogen and oxygen atoms in total. The summed E-state index contributed by atoms with van der Waals surface area (Å²) in [5.41, 5.74) is 1.26. The van der Waals surface area contributed by atoms with Crippen LogP contribution in [0.25, 0.3) is 0 Å². The fourth-order valence-corrected chi connectivity index (χ4v) is 5.59. The van der Waals surface area contributed by atoms with Gasteiger partial charge in [-0.15, -0.1) is 23.7 Å². The van der Waals surface area contributed by atoms with Crippen LogP contribution in [0.1, 0.15) is 22.5 Å². The van der Waals surface area contributed by atoms with Crippen LogP contribution < -0.4 is 15.1 Å². The number of aldehydes is 1. The number of rotatable bonds is 13. The van der Waals surface area contributed by atoms with Gasteiger partial charge in [0.25, 0.3) is 11.8 Å². The van der Waals surface area contributed by atoms with Gasteiger partial charge in [0.1, 0.15) is 19.0 Å². The van der Waals surface area contributed by atoms with Crippen LogP contribution >= 0.6 is 35.3 Å². The second kappa shape index (κ2) is 15.1. The zero-order valence-electron chi connectivity index (χ0n) is 21.9. The van der Waals surface area contributed by atoms with Gasteiger partial charge >= 0.3 is 12.1 Å². The minimum atomic E-state index is -1.05. The molecule has 2 saturated heterocycles. The highest BCUT2D eigenvalue weighted by atomic mass is 35.5. The van der Waals surface area contributed by atoms with E-state index in [-0.39, 0.29) is 69.8 Å². The van der Waals surface area contributed by atoms with E-state index >= 15 is 0 Å². The first-order chi connectivity index (χ1) is 19.3. The zero-order chi connectivity index (χ0) is 28.6. The molecule has 222 valence electrons. The molecule has 0 bridgehead atoms. The van der Waals surface area contributed by atoms with Crippen LogP contribution in [0.2, 0.25) is 4.34 Å². The predicted molar refractivity (Wildman–Crippen MR) is 154 cm³/mol. The number of morpholine rings is 1. The van der Waals surface area contributed by atoms with E-state index in [9.17, 15) is 24.0 Å². The average molecular weight is 630 g/mol. The maximum atomic E-state index is 13.5. The number of amides is 3. The molecule has 2 fully saturated rings. The summed E-state index contributed by atoms with van der Waals surface area (Å²) in [7, 11) is 0. The Kier molecular flexibility index (Phi) is 11.9. The number of nitrogens with one attached hydrogen (secondary N) is 1. The Morgan fingerprint density at radius 1 is 1.17 bits per heavy atom.